The minimum atomic E-state index is -1.41. The van der Waals surface area contributed by atoms with Gasteiger partial charge in [-0.25, -0.2) is 19.2 Å². The third-order valence-electron chi connectivity index (χ3n) is 4.09. The van der Waals surface area contributed by atoms with E-state index in [4.69, 9.17) is 24.1 Å². The van der Waals surface area contributed by atoms with Crippen molar-refractivity contribution >= 4 is 23.9 Å². The third-order valence-corrected chi connectivity index (χ3v) is 4.09. The highest BCUT2D eigenvalue weighted by Gasteiger charge is 2.34. The molecule has 0 fully saturated rings. The van der Waals surface area contributed by atoms with E-state index >= 15 is 0 Å². The molecule has 0 saturated heterocycles. The maximum atomic E-state index is 12.9. The molecule has 2 N–H and O–H groups in total. The number of hydrogen-bond acceptors (Lipinski definition) is 10. The molecule has 182 valence electrons. The molecular weight excluding hydrogens is 448 g/mol. The van der Waals surface area contributed by atoms with Crippen LogP contribution in [-0.4, -0.2) is 53.9 Å². The first-order valence-electron chi connectivity index (χ1n) is 9.99. The minimum Gasteiger partial charge on any atom is -0.458 e. The molecule has 1 atom stereocenters. The molecule has 1 aromatic rings. The van der Waals surface area contributed by atoms with Gasteiger partial charge in [0.25, 0.3) is 0 Å². The van der Waals surface area contributed by atoms with Gasteiger partial charge >= 0.3 is 23.9 Å². The number of ether oxygens (including phenoxy) is 4. The number of aliphatic hydroxyl groups is 2. The molecule has 0 aliphatic heterocycles. The Morgan fingerprint density at radius 1 is 0.882 bits per heavy atom. The van der Waals surface area contributed by atoms with Gasteiger partial charge in [-0.2, -0.15) is 0 Å². The molecule has 0 heterocycles. The van der Waals surface area contributed by atoms with Crippen LogP contribution >= 0.6 is 0 Å². The van der Waals surface area contributed by atoms with Crippen LogP contribution in [0.15, 0.2) is 56.7 Å². The molecule has 1 aromatic carbocycles. The number of aliphatic hydroxyl groups excluding tert-OH is 2. The Labute approximate surface area is 196 Å². The maximum absolute atomic E-state index is 12.9. The van der Waals surface area contributed by atoms with Gasteiger partial charge in [-0.05, 0) is 18.9 Å². The summed E-state index contributed by atoms with van der Waals surface area (Å²) in [6.07, 6.45) is 2.79. The predicted octanol–water partition coefficient (Wildman–Crippen LogP) is 2.36. The van der Waals surface area contributed by atoms with Crippen molar-refractivity contribution in [3.8, 4) is 11.5 Å². The maximum Gasteiger partial charge on any atom is 0.343 e. The van der Waals surface area contributed by atoms with Crippen LogP contribution in [0, 0.1) is 0 Å². The molecule has 1 unspecified atom stereocenters. The summed E-state index contributed by atoms with van der Waals surface area (Å²) in [5.41, 5.74) is -1.24. The quantitative estimate of drug-likeness (QED) is 0.178. The molecule has 10 heteroatoms. The molecule has 34 heavy (non-hydrogen) atoms. The Morgan fingerprint density at radius 2 is 1.41 bits per heavy atom. The number of benzene rings is 1. The zero-order valence-corrected chi connectivity index (χ0v) is 18.5. The number of esters is 4. The van der Waals surface area contributed by atoms with Crippen LogP contribution in [0.5, 0.6) is 11.5 Å². The van der Waals surface area contributed by atoms with Gasteiger partial charge in [0.2, 0.25) is 0 Å². The summed E-state index contributed by atoms with van der Waals surface area (Å²) in [5, 5.41) is 19.8. The molecular formula is C24H26O10. The number of carbonyl (C=O) groups is 4. The minimum absolute atomic E-state index is 0.0363. The highest BCUT2D eigenvalue weighted by molar-refractivity contribution is 6.07. The van der Waals surface area contributed by atoms with E-state index in [-0.39, 0.29) is 38.2 Å². The van der Waals surface area contributed by atoms with Crippen LogP contribution in [0.4, 0.5) is 0 Å². The largest absolute Gasteiger partial charge is 0.458 e. The lowest BCUT2D eigenvalue weighted by Gasteiger charge is -2.21. The zero-order valence-electron chi connectivity index (χ0n) is 18.5. The monoisotopic (exact) mass is 474 g/mol. The summed E-state index contributed by atoms with van der Waals surface area (Å²) in [6.45, 7) is 12.7. The Morgan fingerprint density at radius 3 is 1.91 bits per heavy atom. The van der Waals surface area contributed by atoms with Gasteiger partial charge in [0.05, 0.1) is 11.7 Å². The van der Waals surface area contributed by atoms with Crippen molar-refractivity contribution in [3.05, 3.63) is 73.4 Å². The summed E-state index contributed by atoms with van der Waals surface area (Å²) in [7, 11) is 0. The van der Waals surface area contributed by atoms with Crippen LogP contribution in [0.1, 0.15) is 45.2 Å². The average molecular weight is 474 g/mol. The lowest BCUT2D eigenvalue weighted by Crippen LogP contribution is -2.21. The lowest BCUT2D eigenvalue weighted by molar-refractivity contribution is -0.131. The Kier molecular flexibility index (Phi) is 11.7. The highest BCUT2D eigenvalue weighted by Crippen LogP contribution is 2.42. The lowest BCUT2D eigenvalue weighted by atomic mass is 9.95. The summed E-state index contributed by atoms with van der Waals surface area (Å²) in [4.78, 5) is 49.8. The molecule has 10 nitrogen and oxygen atoms in total. The topological polar surface area (TPSA) is 146 Å². The van der Waals surface area contributed by atoms with Crippen molar-refractivity contribution in [1.29, 1.82) is 0 Å². The Balaban J connectivity index is 4.03. The van der Waals surface area contributed by atoms with Gasteiger partial charge in [-0.3, -0.25) is 0 Å². The van der Waals surface area contributed by atoms with Crippen molar-refractivity contribution in [2.45, 2.75) is 18.9 Å². The van der Waals surface area contributed by atoms with E-state index in [2.05, 4.69) is 26.3 Å². The Hall–Kier alpha value is -4.02. The van der Waals surface area contributed by atoms with Crippen molar-refractivity contribution in [2.75, 3.05) is 19.8 Å². The fraction of sp³-hybridized carbons (Fsp3) is 0.250. The van der Waals surface area contributed by atoms with Gasteiger partial charge in [0.1, 0.15) is 18.8 Å². The van der Waals surface area contributed by atoms with Crippen molar-refractivity contribution in [1.82, 2.24) is 0 Å². The van der Waals surface area contributed by atoms with Crippen LogP contribution in [0.25, 0.3) is 0 Å². The van der Waals surface area contributed by atoms with E-state index in [0.29, 0.717) is 0 Å². The molecule has 1 rings (SSSR count). The predicted molar refractivity (Wildman–Crippen MR) is 120 cm³/mol. The van der Waals surface area contributed by atoms with Gasteiger partial charge in [0, 0.05) is 24.3 Å². The number of rotatable bonds is 14. The van der Waals surface area contributed by atoms with E-state index in [1.807, 2.05) is 0 Å². The first-order chi connectivity index (χ1) is 16.2. The average Bonchev–Trinajstić information content (AvgIpc) is 2.84. The van der Waals surface area contributed by atoms with Gasteiger partial charge in [-0.15, -0.1) is 0 Å². The first-order valence-corrected chi connectivity index (χ1v) is 9.99. The van der Waals surface area contributed by atoms with Crippen molar-refractivity contribution < 1.29 is 48.3 Å². The second kappa shape index (κ2) is 14.2. The van der Waals surface area contributed by atoms with E-state index in [1.54, 1.807) is 0 Å². The summed E-state index contributed by atoms with van der Waals surface area (Å²) < 4.78 is 20.4. The number of carbonyl (C=O) groups excluding carboxylic acids is 4. The molecule has 0 aromatic heterocycles. The van der Waals surface area contributed by atoms with Crippen molar-refractivity contribution in [3.63, 3.8) is 0 Å². The highest BCUT2D eigenvalue weighted by atomic mass is 16.6. The molecule has 0 amide bonds. The fourth-order valence-electron chi connectivity index (χ4n) is 2.62. The Bertz CT molecular complexity index is 976. The van der Waals surface area contributed by atoms with Crippen LogP contribution in [-0.2, 0) is 19.1 Å². The van der Waals surface area contributed by atoms with E-state index in [1.165, 1.54) is 12.2 Å². The second-order valence-corrected chi connectivity index (χ2v) is 6.45. The van der Waals surface area contributed by atoms with Crippen LogP contribution < -0.4 is 9.47 Å². The smallest absolute Gasteiger partial charge is 0.343 e. The summed E-state index contributed by atoms with van der Waals surface area (Å²) >= 11 is 0. The fourth-order valence-corrected chi connectivity index (χ4v) is 2.62. The van der Waals surface area contributed by atoms with Crippen LogP contribution in [0.2, 0.25) is 0 Å². The van der Waals surface area contributed by atoms with Gasteiger partial charge < -0.3 is 29.2 Å². The second-order valence-electron chi connectivity index (χ2n) is 6.45. The van der Waals surface area contributed by atoms with Crippen LogP contribution in [0.3, 0.4) is 0 Å². The first kappa shape index (κ1) is 28.0. The van der Waals surface area contributed by atoms with Gasteiger partial charge in [-0.1, -0.05) is 38.5 Å². The van der Waals surface area contributed by atoms with E-state index in [9.17, 15) is 24.3 Å². The SMILES string of the molecule is C=CCOC(=O)c1cc(C(O)CCCO)c(OC(=O)C=C)c(OC(=O)C=C)c1C(=O)OCC=C. The van der Waals surface area contributed by atoms with E-state index in [0.717, 1.165) is 18.2 Å². The van der Waals surface area contributed by atoms with Gasteiger partial charge in [0.15, 0.2) is 11.5 Å². The standard InChI is InChI=1S/C24H26O10/c1-5-12-31-23(29)16-14-15(17(26)10-9-11-25)21(33-18(27)7-3)22(34-19(28)8-4)20(16)24(30)32-13-6-2/h5-8,14,17,25-26H,1-4,9-13H2. The summed E-state index contributed by atoms with van der Waals surface area (Å²) in [5.74, 6) is -5.47. The molecule has 0 bridgehead atoms. The molecule has 0 aliphatic carbocycles. The zero-order chi connectivity index (χ0) is 25.7. The molecule has 0 saturated carbocycles. The molecule has 0 spiro atoms. The third kappa shape index (κ3) is 7.54. The molecule has 0 radical (unpaired) electrons. The normalized spacial score (nSPS) is 10.9. The van der Waals surface area contributed by atoms with Crippen molar-refractivity contribution in [2.24, 2.45) is 0 Å². The molecule has 0 aliphatic rings. The summed E-state index contributed by atoms with van der Waals surface area (Å²) in [6, 6.07) is 1.05. The number of hydrogen-bond donors (Lipinski definition) is 2. The van der Waals surface area contributed by atoms with E-state index < -0.39 is 52.6 Å².